The monoisotopic (exact) mass is 237 g/mol. The first-order valence-electron chi connectivity index (χ1n) is 7.21. The molecule has 3 unspecified atom stereocenters. The van der Waals surface area contributed by atoms with Crippen molar-refractivity contribution in [3.63, 3.8) is 0 Å². The maximum absolute atomic E-state index is 12.4. The number of piperidine rings is 1. The molecule has 3 fully saturated rings. The topological polar surface area (TPSA) is 40.5 Å². The Labute approximate surface area is 103 Å². The van der Waals surface area contributed by atoms with Gasteiger partial charge in [-0.1, -0.05) is 12.8 Å². The number of rotatable bonds is 2. The Kier molecular flexibility index (Phi) is 3.12. The first-order valence-corrected chi connectivity index (χ1v) is 7.21. The molecule has 2 aliphatic carbocycles. The van der Waals surface area contributed by atoms with Gasteiger partial charge in [0, 0.05) is 25.6 Å². The highest BCUT2D eigenvalue weighted by Crippen LogP contribution is 2.56. The summed E-state index contributed by atoms with van der Waals surface area (Å²) in [5.41, 5.74) is 0. The van der Waals surface area contributed by atoms with Crippen LogP contribution in [0.3, 0.4) is 0 Å². The molecule has 2 saturated carbocycles. The third-order valence-corrected chi connectivity index (χ3v) is 5.03. The number of aliphatic hydroxyl groups is 1. The molecule has 1 heterocycles. The molecule has 1 amide bonds. The van der Waals surface area contributed by atoms with Gasteiger partial charge < -0.3 is 10.0 Å². The van der Waals surface area contributed by atoms with Crippen LogP contribution in [-0.2, 0) is 4.79 Å². The highest BCUT2D eigenvalue weighted by molar-refractivity contribution is 5.82. The van der Waals surface area contributed by atoms with Crippen LogP contribution in [0.2, 0.25) is 0 Å². The molecule has 96 valence electrons. The van der Waals surface area contributed by atoms with Crippen LogP contribution >= 0.6 is 0 Å². The first-order chi connectivity index (χ1) is 8.31. The van der Waals surface area contributed by atoms with E-state index in [0.717, 1.165) is 25.9 Å². The van der Waals surface area contributed by atoms with Gasteiger partial charge in [0.15, 0.2) is 0 Å². The maximum Gasteiger partial charge on any atom is 0.226 e. The summed E-state index contributed by atoms with van der Waals surface area (Å²) in [4.78, 5) is 14.5. The molecular formula is C14H23NO2. The molecule has 1 N–H and O–H groups in total. The van der Waals surface area contributed by atoms with Gasteiger partial charge in [0.2, 0.25) is 5.91 Å². The molecule has 3 heteroatoms. The standard InChI is InChI=1S/C14H23NO2/c16-9-10-4-3-7-15(8-10)14(17)13-11-5-1-2-6-12(11)13/h10-13,16H,1-9H2. The predicted octanol–water partition coefficient (Wildman–Crippen LogP) is 1.65. The van der Waals surface area contributed by atoms with Gasteiger partial charge in [0.1, 0.15) is 0 Å². The number of carbonyl (C=O) groups is 1. The molecule has 3 nitrogen and oxygen atoms in total. The number of hydrogen-bond donors (Lipinski definition) is 1. The van der Waals surface area contributed by atoms with E-state index in [9.17, 15) is 9.90 Å². The van der Waals surface area contributed by atoms with Gasteiger partial charge in [-0.05, 0) is 43.4 Å². The zero-order chi connectivity index (χ0) is 11.8. The average molecular weight is 237 g/mol. The number of aliphatic hydroxyl groups excluding tert-OH is 1. The molecule has 17 heavy (non-hydrogen) atoms. The molecule has 1 saturated heterocycles. The molecule has 0 aromatic carbocycles. The summed E-state index contributed by atoms with van der Waals surface area (Å²) in [7, 11) is 0. The van der Waals surface area contributed by atoms with Gasteiger partial charge >= 0.3 is 0 Å². The highest BCUT2D eigenvalue weighted by Gasteiger charge is 2.55. The molecule has 3 atom stereocenters. The van der Waals surface area contributed by atoms with Crippen LogP contribution in [0.4, 0.5) is 0 Å². The highest BCUT2D eigenvalue weighted by atomic mass is 16.3. The first kappa shape index (κ1) is 11.5. The van der Waals surface area contributed by atoms with Crippen LogP contribution in [0.1, 0.15) is 38.5 Å². The van der Waals surface area contributed by atoms with E-state index in [0.29, 0.717) is 29.6 Å². The van der Waals surface area contributed by atoms with Crippen molar-refractivity contribution in [2.45, 2.75) is 38.5 Å². The minimum Gasteiger partial charge on any atom is -0.396 e. The fraction of sp³-hybridized carbons (Fsp3) is 0.929. The normalized spacial score (nSPS) is 40.9. The second kappa shape index (κ2) is 4.60. The Morgan fingerprint density at radius 3 is 2.47 bits per heavy atom. The van der Waals surface area contributed by atoms with Crippen LogP contribution in [0.15, 0.2) is 0 Å². The summed E-state index contributed by atoms with van der Waals surface area (Å²) in [5, 5.41) is 9.21. The van der Waals surface area contributed by atoms with Crippen LogP contribution < -0.4 is 0 Å². The van der Waals surface area contributed by atoms with Gasteiger partial charge in [-0.2, -0.15) is 0 Å². The molecule has 0 aromatic heterocycles. The molecule has 3 aliphatic rings. The third kappa shape index (κ3) is 2.10. The van der Waals surface area contributed by atoms with Gasteiger partial charge in [0.25, 0.3) is 0 Å². The summed E-state index contributed by atoms with van der Waals surface area (Å²) in [6, 6.07) is 0. The molecule has 1 aliphatic heterocycles. The van der Waals surface area contributed by atoms with Crippen molar-refractivity contribution in [1.29, 1.82) is 0 Å². The lowest BCUT2D eigenvalue weighted by Crippen LogP contribution is -2.42. The Bertz CT molecular complexity index is 293. The average Bonchev–Trinajstić information content (AvgIpc) is 3.12. The van der Waals surface area contributed by atoms with E-state index in [2.05, 4.69) is 0 Å². The number of likely N-dealkylation sites (tertiary alicyclic amines) is 1. The molecule has 0 bridgehead atoms. The summed E-state index contributed by atoms with van der Waals surface area (Å²) in [6.07, 6.45) is 7.35. The third-order valence-electron chi connectivity index (χ3n) is 5.03. The Morgan fingerprint density at radius 2 is 1.82 bits per heavy atom. The Balaban J connectivity index is 1.59. The zero-order valence-electron chi connectivity index (χ0n) is 10.5. The van der Waals surface area contributed by atoms with Crippen molar-refractivity contribution in [3.8, 4) is 0 Å². The van der Waals surface area contributed by atoms with E-state index in [-0.39, 0.29) is 6.61 Å². The van der Waals surface area contributed by atoms with Crippen molar-refractivity contribution in [1.82, 2.24) is 4.90 Å². The van der Waals surface area contributed by atoms with Crippen molar-refractivity contribution in [2.24, 2.45) is 23.7 Å². The second-order valence-electron chi connectivity index (χ2n) is 6.11. The molecule has 3 rings (SSSR count). The Morgan fingerprint density at radius 1 is 1.12 bits per heavy atom. The van der Waals surface area contributed by atoms with Crippen LogP contribution in [0.5, 0.6) is 0 Å². The van der Waals surface area contributed by atoms with E-state index in [1.54, 1.807) is 0 Å². The van der Waals surface area contributed by atoms with Crippen molar-refractivity contribution in [3.05, 3.63) is 0 Å². The quantitative estimate of drug-likeness (QED) is 0.793. The number of carbonyl (C=O) groups excluding carboxylic acids is 1. The molecule has 0 radical (unpaired) electrons. The van der Waals surface area contributed by atoms with Gasteiger partial charge in [-0.3, -0.25) is 4.79 Å². The van der Waals surface area contributed by atoms with E-state index < -0.39 is 0 Å². The number of amides is 1. The lowest BCUT2D eigenvalue weighted by Gasteiger charge is -2.32. The summed E-state index contributed by atoms with van der Waals surface area (Å²) in [5.74, 6) is 2.51. The van der Waals surface area contributed by atoms with E-state index >= 15 is 0 Å². The van der Waals surface area contributed by atoms with Gasteiger partial charge in [0.05, 0.1) is 0 Å². The van der Waals surface area contributed by atoms with Crippen LogP contribution in [0, 0.1) is 23.7 Å². The van der Waals surface area contributed by atoms with Crippen molar-refractivity contribution < 1.29 is 9.90 Å². The lowest BCUT2D eigenvalue weighted by atomic mass is 9.98. The summed E-state index contributed by atoms with van der Waals surface area (Å²) >= 11 is 0. The SMILES string of the molecule is O=C(C1C2CCCCC21)N1CCCC(CO)C1. The Hall–Kier alpha value is -0.570. The second-order valence-corrected chi connectivity index (χ2v) is 6.11. The largest absolute Gasteiger partial charge is 0.396 e. The van der Waals surface area contributed by atoms with Crippen LogP contribution in [0.25, 0.3) is 0 Å². The maximum atomic E-state index is 12.4. The van der Waals surface area contributed by atoms with Crippen LogP contribution in [-0.4, -0.2) is 35.6 Å². The summed E-state index contributed by atoms with van der Waals surface area (Å²) < 4.78 is 0. The fourth-order valence-corrected chi connectivity index (χ4v) is 3.98. The van der Waals surface area contributed by atoms with Gasteiger partial charge in [-0.15, -0.1) is 0 Å². The minimum atomic E-state index is 0.237. The van der Waals surface area contributed by atoms with Gasteiger partial charge in [-0.25, -0.2) is 0 Å². The van der Waals surface area contributed by atoms with Crippen molar-refractivity contribution >= 4 is 5.91 Å². The summed E-state index contributed by atoms with van der Waals surface area (Å²) in [6.45, 7) is 1.96. The number of fused-ring (bicyclic) bond motifs is 1. The number of hydrogen-bond acceptors (Lipinski definition) is 2. The van der Waals surface area contributed by atoms with Crippen molar-refractivity contribution in [2.75, 3.05) is 19.7 Å². The smallest absolute Gasteiger partial charge is 0.226 e. The van der Waals surface area contributed by atoms with E-state index in [1.165, 1.54) is 25.7 Å². The molecule has 0 spiro atoms. The predicted molar refractivity (Wildman–Crippen MR) is 65.3 cm³/mol. The lowest BCUT2D eigenvalue weighted by molar-refractivity contribution is -0.135. The zero-order valence-corrected chi connectivity index (χ0v) is 10.5. The fourth-order valence-electron chi connectivity index (χ4n) is 3.98. The van der Waals surface area contributed by atoms with E-state index in [1.807, 2.05) is 4.90 Å². The molecular weight excluding hydrogens is 214 g/mol. The van der Waals surface area contributed by atoms with E-state index in [4.69, 9.17) is 0 Å². The minimum absolute atomic E-state index is 0.237. The number of nitrogens with zero attached hydrogens (tertiary/aromatic N) is 1. The molecule has 0 aromatic rings.